The highest BCUT2D eigenvalue weighted by molar-refractivity contribution is 7.08. The molecule has 0 aliphatic carbocycles. The minimum atomic E-state index is -0.0814. The van der Waals surface area contributed by atoms with Gasteiger partial charge in [0.2, 0.25) is 5.91 Å². The minimum absolute atomic E-state index is 0.0519. The van der Waals surface area contributed by atoms with Gasteiger partial charge < -0.3 is 10.4 Å². The molecule has 0 radical (unpaired) electrons. The summed E-state index contributed by atoms with van der Waals surface area (Å²) in [7, 11) is 0. The summed E-state index contributed by atoms with van der Waals surface area (Å²) in [6.45, 7) is 6.85. The van der Waals surface area contributed by atoms with Gasteiger partial charge in [0.25, 0.3) is 0 Å². The maximum Gasteiger partial charge on any atom is 0.227 e. The largest absolute Gasteiger partial charge is 0.396 e. The van der Waals surface area contributed by atoms with Gasteiger partial charge in [-0.1, -0.05) is 13.8 Å². The average molecular weight is 269 g/mol. The number of thiophene rings is 1. The fourth-order valence-corrected chi connectivity index (χ4v) is 2.44. The standard InChI is InChI=1S/C14H23NO2S/c1-11(12-5-8-18-9-12)13(17)15-7-4-6-14(2,3)10-16/h5,8-9,11,16H,4,6-7,10H2,1-3H3,(H,15,17). The Bertz CT molecular complexity index is 360. The van der Waals surface area contributed by atoms with Crippen LogP contribution in [-0.4, -0.2) is 24.2 Å². The highest BCUT2D eigenvalue weighted by Crippen LogP contribution is 2.21. The molecule has 0 saturated carbocycles. The van der Waals surface area contributed by atoms with E-state index in [1.165, 1.54) is 0 Å². The van der Waals surface area contributed by atoms with Crippen molar-refractivity contribution in [3.63, 3.8) is 0 Å². The highest BCUT2D eigenvalue weighted by atomic mass is 32.1. The first-order valence-corrected chi connectivity index (χ1v) is 7.31. The maximum atomic E-state index is 11.9. The smallest absolute Gasteiger partial charge is 0.227 e. The van der Waals surface area contributed by atoms with Gasteiger partial charge in [0.15, 0.2) is 0 Å². The van der Waals surface area contributed by atoms with Gasteiger partial charge in [-0.15, -0.1) is 0 Å². The van der Waals surface area contributed by atoms with Crippen molar-refractivity contribution in [1.29, 1.82) is 0 Å². The van der Waals surface area contributed by atoms with Crippen LogP contribution in [0.5, 0.6) is 0 Å². The van der Waals surface area contributed by atoms with E-state index in [-0.39, 0.29) is 23.8 Å². The molecule has 0 bridgehead atoms. The fraction of sp³-hybridized carbons (Fsp3) is 0.643. The average Bonchev–Trinajstić information content (AvgIpc) is 2.87. The molecule has 2 N–H and O–H groups in total. The Morgan fingerprint density at radius 3 is 2.83 bits per heavy atom. The second-order valence-electron chi connectivity index (χ2n) is 5.50. The summed E-state index contributed by atoms with van der Waals surface area (Å²) < 4.78 is 0. The summed E-state index contributed by atoms with van der Waals surface area (Å²) in [5, 5.41) is 16.1. The monoisotopic (exact) mass is 269 g/mol. The Hall–Kier alpha value is -0.870. The Morgan fingerprint density at radius 2 is 2.28 bits per heavy atom. The lowest BCUT2D eigenvalue weighted by Gasteiger charge is -2.21. The summed E-state index contributed by atoms with van der Waals surface area (Å²) in [4.78, 5) is 11.9. The van der Waals surface area contributed by atoms with Crippen LogP contribution in [0.15, 0.2) is 16.8 Å². The van der Waals surface area contributed by atoms with Crippen LogP contribution in [0.2, 0.25) is 0 Å². The molecule has 1 atom stereocenters. The number of nitrogens with one attached hydrogen (secondary N) is 1. The van der Waals surface area contributed by atoms with E-state index in [4.69, 9.17) is 5.11 Å². The molecule has 1 unspecified atom stereocenters. The molecule has 0 saturated heterocycles. The highest BCUT2D eigenvalue weighted by Gasteiger charge is 2.17. The first-order valence-electron chi connectivity index (χ1n) is 6.37. The normalized spacial score (nSPS) is 13.3. The minimum Gasteiger partial charge on any atom is -0.396 e. The van der Waals surface area contributed by atoms with Crippen molar-refractivity contribution in [3.8, 4) is 0 Å². The fourth-order valence-electron chi connectivity index (χ4n) is 1.68. The lowest BCUT2D eigenvalue weighted by atomic mass is 9.89. The summed E-state index contributed by atoms with van der Waals surface area (Å²) >= 11 is 1.61. The lowest BCUT2D eigenvalue weighted by Crippen LogP contribution is -2.29. The van der Waals surface area contributed by atoms with Gasteiger partial charge in [-0.05, 0) is 47.6 Å². The third kappa shape index (κ3) is 4.78. The summed E-state index contributed by atoms with van der Waals surface area (Å²) in [6, 6.07) is 1.99. The first-order chi connectivity index (χ1) is 8.46. The molecule has 18 heavy (non-hydrogen) atoms. The zero-order chi connectivity index (χ0) is 13.6. The number of aliphatic hydroxyl groups is 1. The first kappa shape index (κ1) is 15.2. The van der Waals surface area contributed by atoms with Crippen molar-refractivity contribution in [1.82, 2.24) is 5.32 Å². The number of amides is 1. The van der Waals surface area contributed by atoms with Crippen LogP contribution in [0.3, 0.4) is 0 Å². The van der Waals surface area contributed by atoms with E-state index in [1.54, 1.807) is 11.3 Å². The Balaban J connectivity index is 2.26. The summed E-state index contributed by atoms with van der Waals surface area (Å²) in [6.07, 6.45) is 1.81. The molecule has 1 aromatic heterocycles. The molecule has 1 aromatic rings. The molecule has 0 spiro atoms. The van der Waals surface area contributed by atoms with Gasteiger partial charge >= 0.3 is 0 Å². The van der Waals surface area contributed by atoms with E-state index < -0.39 is 0 Å². The SMILES string of the molecule is CC(C(=O)NCCCC(C)(C)CO)c1ccsc1. The van der Waals surface area contributed by atoms with E-state index in [9.17, 15) is 4.79 Å². The van der Waals surface area contributed by atoms with Gasteiger partial charge in [0, 0.05) is 13.2 Å². The number of aliphatic hydroxyl groups excluding tert-OH is 1. The molecule has 0 fully saturated rings. The molecular formula is C14H23NO2S. The zero-order valence-corrected chi connectivity index (χ0v) is 12.2. The van der Waals surface area contributed by atoms with Crippen LogP contribution < -0.4 is 5.32 Å². The Labute approximate surface area is 113 Å². The molecule has 4 heteroatoms. The third-order valence-electron chi connectivity index (χ3n) is 3.19. The zero-order valence-electron chi connectivity index (χ0n) is 11.4. The Morgan fingerprint density at radius 1 is 1.56 bits per heavy atom. The quantitative estimate of drug-likeness (QED) is 0.748. The molecule has 102 valence electrons. The number of hydrogen-bond acceptors (Lipinski definition) is 3. The lowest BCUT2D eigenvalue weighted by molar-refractivity contribution is -0.122. The molecule has 1 heterocycles. The second-order valence-corrected chi connectivity index (χ2v) is 6.28. The molecule has 1 amide bonds. The predicted octanol–water partition coefficient (Wildman–Crippen LogP) is 2.77. The molecule has 0 aromatic carbocycles. The topological polar surface area (TPSA) is 49.3 Å². The second kappa shape index (κ2) is 6.90. The maximum absolute atomic E-state index is 11.9. The van der Waals surface area contributed by atoms with Crippen molar-refractivity contribution in [2.24, 2.45) is 5.41 Å². The van der Waals surface area contributed by atoms with E-state index >= 15 is 0 Å². The summed E-state index contributed by atoms with van der Waals surface area (Å²) in [5.74, 6) is -0.00249. The third-order valence-corrected chi connectivity index (χ3v) is 3.90. The Kier molecular flexibility index (Phi) is 5.82. The van der Waals surface area contributed by atoms with E-state index in [0.717, 1.165) is 18.4 Å². The van der Waals surface area contributed by atoms with E-state index in [2.05, 4.69) is 5.32 Å². The number of carbonyl (C=O) groups excluding carboxylic acids is 1. The van der Waals surface area contributed by atoms with Crippen LogP contribution in [0.25, 0.3) is 0 Å². The predicted molar refractivity (Wildman–Crippen MR) is 75.8 cm³/mol. The van der Waals surface area contributed by atoms with Gasteiger partial charge in [0.1, 0.15) is 0 Å². The van der Waals surface area contributed by atoms with E-state index in [1.807, 2.05) is 37.6 Å². The van der Waals surface area contributed by atoms with Crippen molar-refractivity contribution in [3.05, 3.63) is 22.4 Å². The molecule has 1 rings (SSSR count). The van der Waals surface area contributed by atoms with Crippen molar-refractivity contribution in [2.45, 2.75) is 39.5 Å². The van der Waals surface area contributed by atoms with Crippen LogP contribution >= 0.6 is 11.3 Å². The molecule has 0 aliphatic rings. The van der Waals surface area contributed by atoms with Crippen LogP contribution in [0.4, 0.5) is 0 Å². The van der Waals surface area contributed by atoms with Gasteiger partial charge in [-0.25, -0.2) is 0 Å². The van der Waals surface area contributed by atoms with Crippen LogP contribution in [-0.2, 0) is 4.79 Å². The van der Waals surface area contributed by atoms with Gasteiger partial charge in [-0.3, -0.25) is 4.79 Å². The number of hydrogen-bond donors (Lipinski definition) is 2. The molecule has 0 aliphatic heterocycles. The molecule has 3 nitrogen and oxygen atoms in total. The molecular weight excluding hydrogens is 246 g/mol. The number of carbonyl (C=O) groups is 1. The van der Waals surface area contributed by atoms with Crippen LogP contribution in [0.1, 0.15) is 45.1 Å². The van der Waals surface area contributed by atoms with Crippen LogP contribution in [0, 0.1) is 5.41 Å². The number of rotatable bonds is 7. The van der Waals surface area contributed by atoms with E-state index in [0.29, 0.717) is 6.54 Å². The summed E-state index contributed by atoms with van der Waals surface area (Å²) in [5.41, 5.74) is 1.03. The van der Waals surface area contributed by atoms with Crippen molar-refractivity contribution >= 4 is 17.2 Å². The van der Waals surface area contributed by atoms with Crippen molar-refractivity contribution < 1.29 is 9.90 Å². The van der Waals surface area contributed by atoms with Gasteiger partial charge in [-0.2, -0.15) is 11.3 Å². The van der Waals surface area contributed by atoms with Gasteiger partial charge in [0.05, 0.1) is 5.92 Å². The van der Waals surface area contributed by atoms with Crippen molar-refractivity contribution in [2.75, 3.05) is 13.2 Å².